The second-order valence-corrected chi connectivity index (χ2v) is 5.26. The largest absolute Gasteiger partial charge is 0.481 e. The zero-order valence-electron chi connectivity index (χ0n) is 8.84. The summed E-state index contributed by atoms with van der Waals surface area (Å²) in [5.74, 6) is -0.103. The molecule has 0 spiro atoms. The minimum absolute atomic E-state index is 0.0852. The van der Waals surface area contributed by atoms with Crippen molar-refractivity contribution in [2.24, 2.45) is 17.3 Å². The molecule has 0 amide bonds. The normalized spacial score (nSPS) is 30.1. The van der Waals surface area contributed by atoms with E-state index in [-0.39, 0.29) is 11.3 Å². The molecule has 2 atom stereocenters. The van der Waals surface area contributed by atoms with Gasteiger partial charge in [-0.05, 0) is 30.6 Å². The molecule has 0 aromatic carbocycles. The van der Waals surface area contributed by atoms with E-state index in [1.54, 1.807) is 0 Å². The van der Waals surface area contributed by atoms with Crippen LogP contribution in [0.3, 0.4) is 0 Å². The number of aliphatic carboxylic acids is 1. The molecule has 1 fully saturated rings. The van der Waals surface area contributed by atoms with E-state index in [2.05, 4.69) is 20.8 Å². The fourth-order valence-corrected chi connectivity index (χ4v) is 2.20. The molecule has 0 bridgehead atoms. The summed E-state index contributed by atoms with van der Waals surface area (Å²) in [5.41, 5.74) is 0.272. The summed E-state index contributed by atoms with van der Waals surface area (Å²) in [6.07, 6.45) is 4.03. The highest BCUT2D eigenvalue weighted by molar-refractivity contribution is 5.70. The topological polar surface area (TPSA) is 37.3 Å². The summed E-state index contributed by atoms with van der Waals surface area (Å²) in [6, 6.07) is 0. The van der Waals surface area contributed by atoms with Crippen LogP contribution in [0.15, 0.2) is 0 Å². The van der Waals surface area contributed by atoms with Gasteiger partial charge in [0, 0.05) is 0 Å². The second-order valence-electron chi connectivity index (χ2n) is 5.26. The summed E-state index contributed by atoms with van der Waals surface area (Å²) in [6.45, 7) is 6.63. The van der Waals surface area contributed by atoms with Crippen molar-refractivity contribution in [3.8, 4) is 0 Å². The highest BCUT2D eigenvalue weighted by Gasteiger charge is 2.33. The molecule has 1 saturated carbocycles. The Kier molecular flexibility index (Phi) is 2.99. The molecule has 76 valence electrons. The fourth-order valence-electron chi connectivity index (χ4n) is 2.20. The Balaban J connectivity index is 2.57. The van der Waals surface area contributed by atoms with Crippen molar-refractivity contribution in [2.75, 3.05) is 0 Å². The SMILES string of the molecule is CC(C)(C)[C@@H]1CCCC(C(=O)O)C1. The van der Waals surface area contributed by atoms with Crippen LogP contribution in [0.4, 0.5) is 0 Å². The van der Waals surface area contributed by atoms with Crippen LogP contribution in [-0.4, -0.2) is 11.1 Å². The van der Waals surface area contributed by atoms with E-state index < -0.39 is 5.97 Å². The van der Waals surface area contributed by atoms with Gasteiger partial charge in [-0.25, -0.2) is 0 Å². The van der Waals surface area contributed by atoms with Crippen molar-refractivity contribution in [3.05, 3.63) is 0 Å². The van der Waals surface area contributed by atoms with Gasteiger partial charge in [-0.15, -0.1) is 0 Å². The van der Waals surface area contributed by atoms with Crippen molar-refractivity contribution in [3.63, 3.8) is 0 Å². The first kappa shape index (κ1) is 10.6. The molecular weight excluding hydrogens is 164 g/mol. The Hall–Kier alpha value is -0.530. The van der Waals surface area contributed by atoms with Crippen molar-refractivity contribution >= 4 is 5.97 Å². The lowest BCUT2D eigenvalue weighted by atomic mass is 9.69. The molecule has 1 unspecified atom stereocenters. The van der Waals surface area contributed by atoms with Gasteiger partial charge in [0.25, 0.3) is 0 Å². The monoisotopic (exact) mass is 184 g/mol. The van der Waals surface area contributed by atoms with Crippen LogP contribution in [0, 0.1) is 17.3 Å². The molecule has 1 aliphatic carbocycles. The molecular formula is C11H20O2. The van der Waals surface area contributed by atoms with E-state index in [1.165, 1.54) is 6.42 Å². The van der Waals surface area contributed by atoms with Crippen LogP contribution >= 0.6 is 0 Å². The van der Waals surface area contributed by atoms with Crippen LogP contribution in [-0.2, 0) is 4.79 Å². The van der Waals surface area contributed by atoms with E-state index >= 15 is 0 Å². The number of carbonyl (C=O) groups is 1. The maximum atomic E-state index is 10.8. The zero-order valence-corrected chi connectivity index (χ0v) is 8.84. The summed E-state index contributed by atoms with van der Waals surface area (Å²) in [5, 5.41) is 8.92. The van der Waals surface area contributed by atoms with E-state index in [4.69, 9.17) is 5.11 Å². The van der Waals surface area contributed by atoms with Crippen LogP contribution in [0.1, 0.15) is 46.5 Å². The molecule has 0 heterocycles. The molecule has 0 aromatic rings. The molecule has 1 rings (SSSR count). The Bertz CT molecular complexity index is 191. The van der Waals surface area contributed by atoms with Crippen molar-refractivity contribution in [1.29, 1.82) is 0 Å². The Morgan fingerprint density at radius 1 is 1.31 bits per heavy atom. The molecule has 0 saturated heterocycles. The number of carboxylic acids is 1. The first-order valence-corrected chi connectivity index (χ1v) is 5.14. The predicted molar refractivity (Wildman–Crippen MR) is 52.5 cm³/mol. The van der Waals surface area contributed by atoms with Crippen molar-refractivity contribution < 1.29 is 9.90 Å². The maximum Gasteiger partial charge on any atom is 0.306 e. The third-order valence-corrected chi connectivity index (χ3v) is 3.25. The molecule has 0 aromatic heterocycles. The molecule has 1 N–H and O–H groups in total. The van der Waals surface area contributed by atoms with Gasteiger partial charge in [0.1, 0.15) is 0 Å². The lowest BCUT2D eigenvalue weighted by Crippen LogP contribution is -2.30. The van der Waals surface area contributed by atoms with Gasteiger partial charge in [-0.2, -0.15) is 0 Å². The molecule has 13 heavy (non-hydrogen) atoms. The van der Waals surface area contributed by atoms with E-state index in [1.807, 2.05) is 0 Å². The molecule has 1 aliphatic rings. The van der Waals surface area contributed by atoms with Crippen LogP contribution < -0.4 is 0 Å². The molecule has 2 heteroatoms. The summed E-state index contributed by atoms with van der Waals surface area (Å²) >= 11 is 0. The van der Waals surface area contributed by atoms with Crippen molar-refractivity contribution in [2.45, 2.75) is 46.5 Å². The van der Waals surface area contributed by atoms with Gasteiger partial charge in [-0.3, -0.25) is 4.79 Å². The lowest BCUT2D eigenvalue weighted by Gasteiger charge is -2.36. The van der Waals surface area contributed by atoms with Gasteiger partial charge in [0.15, 0.2) is 0 Å². The molecule has 2 nitrogen and oxygen atoms in total. The first-order chi connectivity index (χ1) is 5.91. The Labute approximate surface area is 80.3 Å². The van der Waals surface area contributed by atoms with Gasteiger partial charge < -0.3 is 5.11 Å². The summed E-state index contributed by atoms with van der Waals surface area (Å²) < 4.78 is 0. The number of rotatable bonds is 1. The summed E-state index contributed by atoms with van der Waals surface area (Å²) in [7, 11) is 0. The van der Waals surface area contributed by atoms with Crippen LogP contribution in [0.2, 0.25) is 0 Å². The number of carboxylic acid groups (broad SMARTS) is 1. The third kappa shape index (κ3) is 2.71. The van der Waals surface area contributed by atoms with E-state index in [9.17, 15) is 4.79 Å². The standard InChI is InChI=1S/C11H20O2/c1-11(2,3)9-6-4-5-8(7-9)10(12)13/h8-9H,4-7H2,1-3H3,(H,12,13)/t8?,9-/m1/s1. The lowest BCUT2D eigenvalue weighted by molar-refractivity contribution is -0.143. The number of hydrogen-bond donors (Lipinski definition) is 1. The zero-order chi connectivity index (χ0) is 10.1. The Morgan fingerprint density at radius 2 is 1.92 bits per heavy atom. The van der Waals surface area contributed by atoms with Gasteiger partial charge in [0.2, 0.25) is 0 Å². The van der Waals surface area contributed by atoms with E-state index in [0.29, 0.717) is 5.92 Å². The highest BCUT2D eigenvalue weighted by atomic mass is 16.4. The quantitative estimate of drug-likeness (QED) is 0.680. The van der Waals surface area contributed by atoms with Crippen LogP contribution in [0.5, 0.6) is 0 Å². The maximum absolute atomic E-state index is 10.8. The first-order valence-electron chi connectivity index (χ1n) is 5.14. The number of hydrogen-bond acceptors (Lipinski definition) is 1. The molecule has 0 aliphatic heterocycles. The third-order valence-electron chi connectivity index (χ3n) is 3.25. The molecule has 0 radical (unpaired) electrons. The van der Waals surface area contributed by atoms with Gasteiger partial charge >= 0.3 is 5.97 Å². The smallest absolute Gasteiger partial charge is 0.306 e. The summed E-state index contributed by atoms with van der Waals surface area (Å²) in [4.78, 5) is 10.8. The highest BCUT2D eigenvalue weighted by Crippen LogP contribution is 2.40. The van der Waals surface area contributed by atoms with Crippen molar-refractivity contribution in [1.82, 2.24) is 0 Å². The Morgan fingerprint density at radius 3 is 2.38 bits per heavy atom. The minimum atomic E-state index is -0.603. The van der Waals surface area contributed by atoms with Crippen LogP contribution in [0.25, 0.3) is 0 Å². The average Bonchev–Trinajstić information content (AvgIpc) is 2.03. The average molecular weight is 184 g/mol. The second kappa shape index (κ2) is 3.69. The van der Waals surface area contributed by atoms with Gasteiger partial charge in [0.05, 0.1) is 5.92 Å². The fraction of sp³-hybridized carbons (Fsp3) is 0.909. The van der Waals surface area contributed by atoms with Gasteiger partial charge in [-0.1, -0.05) is 27.2 Å². The minimum Gasteiger partial charge on any atom is -0.481 e. The van der Waals surface area contributed by atoms with E-state index in [0.717, 1.165) is 19.3 Å². The predicted octanol–water partition coefficient (Wildman–Crippen LogP) is 2.92.